The van der Waals surface area contributed by atoms with Crippen LogP contribution in [0.2, 0.25) is 5.02 Å². The number of hydrogen-bond donors (Lipinski definition) is 0. The third-order valence-corrected chi connectivity index (χ3v) is 4.61. The second-order valence-electron chi connectivity index (χ2n) is 4.73. The molecule has 2 aromatic carbocycles. The number of ether oxygens (including phenoxy) is 1. The number of fused-ring (bicyclic) bond motifs is 1. The van der Waals surface area contributed by atoms with Crippen molar-refractivity contribution in [2.45, 2.75) is 0 Å². The molecule has 0 N–H and O–H groups in total. The van der Waals surface area contributed by atoms with Gasteiger partial charge in [0.25, 0.3) is 0 Å². The minimum atomic E-state index is -0.0407. The summed E-state index contributed by atoms with van der Waals surface area (Å²) in [6, 6.07) is 14.8. The highest BCUT2D eigenvalue weighted by molar-refractivity contribution is 7.19. The molecule has 0 atom stereocenters. The number of thiophene rings is 1. The van der Waals surface area contributed by atoms with Crippen molar-refractivity contribution in [2.75, 3.05) is 7.11 Å². The van der Waals surface area contributed by atoms with Gasteiger partial charge < -0.3 is 4.74 Å². The number of halogens is 1. The summed E-state index contributed by atoms with van der Waals surface area (Å²) in [7, 11) is 1.66. The predicted octanol–water partition coefficient (Wildman–Crippen LogP) is 5.46. The first-order valence-electron chi connectivity index (χ1n) is 6.72. The SMILES string of the molecule is COc1cccc2sc(/C=C/C(=O)c3ccc(Cl)cc3)cc12. The fourth-order valence-corrected chi connectivity index (χ4v) is 3.29. The summed E-state index contributed by atoms with van der Waals surface area (Å²) in [6.45, 7) is 0. The van der Waals surface area contributed by atoms with Crippen molar-refractivity contribution in [3.63, 3.8) is 0 Å². The van der Waals surface area contributed by atoms with Crippen LogP contribution in [-0.2, 0) is 0 Å². The quantitative estimate of drug-likeness (QED) is 0.469. The molecule has 4 heteroatoms. The molecular weight excluding hydrogens is 316 g/mol. The lowest BCUT2D eigenvalue weighted by molar-refractivity contribution is 0.104. The van der Waals surface area contributed by atoms with Gasteiger partial charge in [0.05, 0.1) is 7.11 Å². The highest BCUT2D eigenvalue weighted by Gasteiger charge is 2.06. The first-order valence-corrected chi connectivity index (χ1v) is 7.91. The molecule has 0 spiro atoms. The topological polar surface area (TPSA) is 26.3 Å². The van der Waals surface area contributed by atoms with Gasteiger partial charge >= 0.3 is 0 Å². The average molecular weight is 329 g/mol. The highest BCUT2D eigenvalue weighted by atomic mass is 35.5. The van der Waals surface area contributed by atoms with Crippen LogP contribution in [0.1, 0.15) is 15.2 Å². The standard InChI is InChI=1S/C18H13ClO2S/c1-21-17-3-2-4-18-15(17)11-14(22-18)9-10-16(20)12-5-7-13(19)8-6-12/h2-11H,1H3/b10-9+. The summed E-state index contributed by atoms with van der Waals surface area (Å²) in [5, 5.41) is 1.69. The molecule has 0 saturated carbocycles. The van der Waals surface area contributed by atoms with E-state index in [1.54, 1.807) is 48.8 Å². The molecule has 0 saturated heterocycles. The molecule has 0 amide bonds. The summed E-state index contributed by atoms with van der Waals surface area (Å²) in [5.41, 5.74) is 0.624. The van der Waals surface area contributed by atoms with Gasteiger partial charge in [-0.2, -0.15) is 0 Å². The Bertz CT molecular complexity index is 847. The maximum Gasteiger partial charge on any atom is 0.185 e. The van der Waals surface area contributed by atoms with E-state index in [2.05, 4.69) is 0 Å². The average Bonchev–Trinajstić information content (AvgIpc) is 2.96. The first-order chi connectivity index (χ1) is 10.7. The van der Waals surface area contributed by atoms with Crippen LogP contribution in [0.25, 0.3) is 16.2 Å². The Kier molecular flexibility index (Phi) is 4.27. The van der Waals surface area contributed by atoms with Crippen LogP contribution in [0, 0.1) is 0 Å². The second kappa shape index (κ2) is 6.34. The molecule has 0 fully saturated rings. The van der Waals surface area contributed by atoms with E-state index in [0.29, 0.717) is 10.6 Å². The molecule has 0 aliphatic carbocycles. The third-order valence-electron chi connectivity index (χ3n) is 3.29. The van der Waals surface area contributed by atoms with Crippen LogP contribution in [0.3, 0.4) is 0 Å². The zero-order valence-electron chi connectivity index (χ0n) is 11.9. The summed E-state index contributed by atoms with van der Waals surface area (Å²) >= 11 is 7.45. The van der Waals surface area contributed by atoms with E-state index in [9.17, 15) is 4.79 Å². The van der Waals surface area contributed by atoms with Gasteiger partial charge in [0.15, 0.2) is 5.78 Å². The Morgan fingerprint density at radius 3 is 2.68 bits per heavy atom. The molecule has 0 unspecified atom stereocenters. The zero-order chi connectivity index (χ0) is 15.5. The number of hydrogen-bond acceptors (Lipinski definition) is 3. The second-order valence-corrected chi connectivity index (χ2v) is 6.28. The van der Waals surface area contributed by atoms with Crippen molar-refractivity contribution in [1.82, 2.24) is 0 Å². The summed E-state index contributed by atoms with van der Waals surface area (Å²) in [4.78, 5) is 13.1. The Balaban J connectivity index is 1.86. The smallest absolute Gasteiger partial charge is 0.185 e. The van der Waals surface area contributed by atoms with E-state index in [1.165, 1.54) is 0 Å². The number of allylic oxidation sites excluding steroid dienone is 1. The van der Waals surface area contributed by atoms with E-state index in [-0.39, 0.29) is 5.78 Å². The number of methoxy groups -OCH3 is 1. The molecule has 3 rings (SSSR count). The van der Waals surface area contributed by atoms with E-state index >= 15 is 0 Å². The molecule has 0 bridgehead atoms. The van der Waals surface area contributed by atoms with Crippen LogP contribution >= 0.6 is 22.9 Å². The van der Waals surface area contributed by atoms with Gasteiger partial charge in [-0.15, -0.1) is 11.3 Å². The van der Waals surface area contributed by atoms with Crippen LogP contribution in [0.5, 0.6) is 5.75 Å². The summed E-state index contributed by atoms with van der Waals surface area (Å²) < 4.78 is 6.49. The molecule has 22 heavy (non-hydrogen) atoms. The van der Waals surface area contributed by atoms with Crippen molar-refractivity contribution in [3.8, 4) is 5.75 Å². The molecular formula is C18H13ClO2S. The molecule has 2 nitrogen and oxygen atoms in total. The van der Waals surface area contributed by atoms with Gasteiger partial charge in [0.1, 0.15) is 5.75 Å². The van der Waals surface area contributed by atoms with Crippen molar-refractivity contribution < 1.29 is 9.53 Å². The van der Waals surface area contributed by atoms with Gasteiger partial charge in [-0.3, -0.25) is 4.79 Å². The molecule has 0 aliphatic rings. The number of ketones is 1. The maximum atomic E-state index is 12.1. The lowest BCUT2D eigenvalue weighted by Crippen LogP contribution is -1.92. The van der Waals surface area contributed by atoms with Gasteiger partial charge in [0, 0.05) is 25.5 Å². The van der Waals surface area contributed by atoms with E-state index in [1.807, 2.05) is 30.3 Å². The predicted molar refractivity (Wildman–Crippen MR) is 93.2 cm³/mol. The van der Waals surface area contributed by atoms with Gasteiger partial charge in [-0.05, 0) is 54.6 Å². The zero-order valence-corrected chi connectivity index (χ0v) is 13.4. The Morgan fingerprint density at radius 1 is 1.18 bits per heavy atom. The number of rotatable bonds is 4. The van der Waals surface area contributed by atoms with Gasteiger partial charge in [-0.1, -0.05) is 17.7 Å². The van der Waals surface area contributed by atoms with Crippen molar-refractivity contribution in [3.05, 3.63) is 70.1 Å². The lowest BCUT2D eigenvalue weighted by atomic mass is 10.1. The van der Waals surface area contributed by atoms with Crippen LogP contribution in [0.4, 0.5) is 0 Å². The maximum absolute atomic E-state index is 12.1. The molecule has 0 radical (unpaired) electrons. The Labute approximate surface area is 137 Å². The normalized spacial score (nSPS) is 11.2. The molecule has 3 aromatic rings. The number of carbonyl (C=O) groups excluding carboxylic acids is 1. The van der Waals surface area contributed by atoms with Crippen LogP contribution < -0.4 is 4.74 Å². The van der Waals surface area contributed by atoms with Gasteiger partial charge in [-0.25, -0.2) is 0 Å². The number of benzene rings is 2. The summed E-state index contributed by atoms with van der Waals surface area (Å²) in [6.07, 6.45) is 3.42. The Hall–Kier alpha value is -2.10. The highest BCUT2D eigenvalue weighted by Crippen LogP contribution is 2.33. The van der Waals surface area contributed by atoms with E-state index in [0.717, 1.165) is 20.7 Å². The molecule has 1 heterocycles. The molecule has 1 aromatic heterocycles. The summed E-state index contributed by atoms with van der Waals surface area (Å²) in [5.74, 6) is 0.804. The third kappa shape index (κ3) is 3.06. The van der Waals surface area contributed by atoms with Gasteiger partial charge in [0.2, 0.25) is 0 Å². The van der Waals surface area contributed by atoms with Crippen molar-refractivity contribution in [1.29, 1.82) is 0 Å². The molecule has 110 valence electrons. The Morgan fingerprint density at radius 2 is 1.95 bits per heavy atom. The minimum absolute atomic E-state index is 0.0407. The monoisotopic (exact) mass is 328 g/mol. The number of carbonyl (C=O) groups is 1. The minimum Gasteiger partial charge on any atom is -0.496 e. The van der Waals surface area contributed by atoms with E-state index < -0.39 is 0 Å². The first kappa shape index (κ1) is 14.8. The fourth-order valence-electron chi connectivity index (χ4n) is 2.18. The van der Waals surface area contributed by atoms with E-state index in [4.69, 9.17) is 16.3 Å². The van der Waals surface area contributed by atoms with Crippen molar-refractivity contribution >= 4 is 44.9 Å². The van der Waals surface area contributed by atoms with Crippen LogP contribution in [-0.4, -0.2) is 12.9 Å². The largest absolute Gasteiger partial charge is 0.496 e. The van der Waals surface area contributed by atoms with Crippen LogP contribution in [0.15, 0.2) is 54.6 Å². The molecule has 0 aliphatic heterocycles. The fraction of sp³-hybridized carbons (Fsp3) is 0.0556. The lowest BCUT2D eigenvalue weighted by Gasteiger charge is -1.99. The van der Waals surface area contributed by atoms with Crippen molar-refractivity contribution in [2.24, 2.45) is 0 Å².